The summed E-state index contributed by atoms with van der Waals surface area (Å²) in [6.07, 6.45) is -2.61. The molecule has 0 unspecified atom stereocenters. The van der Waals surface area contributed by atoms with E-state index in [0.717, 1.165) is 55.4 Å². The summed E-state index contributed by atoms with van der Waals surface area (Å²) >= 11 is 0. The van der Waals surface area contributed by atoms with Crippen molar-refractivity contribution >= 4 is 28.6 Å². The number of rotatable bonds is 5. The molecule has 1 saturated carbocycles. The Kier molecular flexibility index (Phi) is 7.39. The van der Waals surface area contributed by atoms with Gasteiger partial charge in [0.2, 0.25) is 0 Å². The van der Waals surface area contributed by atoms with E-state index in [1.165, 1.54) is 24.0 Å². The lowest BCUT2D eigenvalue weighted by Crippen LogP contribution is -2.46. The molecule has 3 aromatic rings. The fraction of sp³-hybridized carbons (Fsp3) is 0.400. The van der Waals surface area contributed by atoms with Crippen molar-refractivity contribution in [2.75, 3.05) is 36.4 Å². The molecule has 0 bridgehead atoms. The van der Waals surface area contributed by atoms with Crippen molar-refractivity contribution in [3.63, 3.8) is 0 Å². The van der Waals surface area contributed by atoms with Crippen molar-refractivity contribution in [3.05, 3.63) is 59.7 Å². The quantitative estimate of drug-likeness (QED) is 0.550. The lowest BCUT2D eigenvalue weighted by molar-refractivity contribution is -0.192. The van der Waals surface area contributed by atoms with Crippen molar-refractivity contribution in [2.45, 2.75) is 38.5 Å². The molecule has 186 valence electrons. The van der Waals surface area contributed by atoms with E-state index in [2.05, 4.69) is 52.4 Å². The van der Waals surface area contributed by atoms with Crippen molar-refractivity contribution in [2.24, 2.45) is 0 Å². The first-order valence-electron chi connectivity index (χ1n) is 11.6. The van der Waals surface area contributed by atoms with Crippen LogP contribution in [0.2, 0.25) is 0 Å². The maximum absolute atomic E-state index is 10.6. The van der Waals surface area contributed by atoms with Crippen LogP contribution in [0.5, 0.6) is 0 Å². The highest BCUT2D eigenvalue weighted by Crippen LogP contribution is 2.31. The number of carboxylic acids is 1. The van der Waals surface area contributed by atoms with Crippen molar-refractivity contribution in [1.82, 2.24) is 14.9 Å². The Morgan fingerprint density at radius 2 is 1.66 bits per heavy atom. The van der Waals surface area contributed by atoms with Crippen molar-refractivity contribution in [3.8, 4) is 0 Å². The molecule has 5 rings (SSSR count). The molecule has 2 heterocycles. The smallest absolute Gasteiger partial charge is 0.475 e. The van der Waals surface area contributed by atoms with E-state index in [0.29, 0.717) is 6.04 Å². The van der Waals surface area contributed by atoms with E-state index in [1.54, 1.807) is 0 Å². The highest BCUT2D eigenvalue weighted by Gasteiger charge is 2.38. The van der Waals surface area contributed by atoms with Gasteiger partial charge in [0, 0.05) is 38.8 Å². The lowest BCUT2D eigenvalue weighted by atomic mass is 10.1. The Balaban J connectivity index is 0.000000364. The van der Waals surface area contributed by atoms with Gasteiger partial charge < -0.3 is 15.3 Å². The lowest BCUT2D eigenvalue weighted by Gasteiger charge is -2.36. The largest absolute Gasteiger partial charge is 0.490 e. The summed E-state index contributed by atoms with van der Waals surface area (Å²) < 4.78 is 31.7. The molecule has 0 amide bonds. The second kappa shape index (κ2) is 10.5. The monoisotopic (exact) mass is 487 g/mol. The van der Waals surface area contributed by atoms with Crippen LogP contribution in [0.25, 0.3) is 11.0 Å². The third-order valence-electron chi connectivity index (χ3n) is 5.87. The SMILES string of the molecule is Cc1cccc(CN2CCN(c3nc4ccccc4nc3NC3CC3)CC2)c1.O=C(O)C(F)(F)F. The molecule has 0 atom stereocenters. The van der Waals surface area contributed by atoms with Gasteiger partial charge in [-0.25, -0.2) is 14.8 Å². The van der Waals surface area contributed by atoms with Gasteiger partial charge in [0.25, 0.3) is 0 Å². The standard InChI is InChI=1S/C23H27N5.C2HF3O2/c1-17-5-4-6-18(15-17)16-27-11-13-28(14-12-27)23-22(24-19-9-10-19)25-20-7-2-3-8-21(20)26-23;3-2(4,5)1(6)7/h2-8,15,19H,9-14,16H2,1H3,(H,24,25);(H,6,7). The zero-order chi connectivity index (χ0) is 25.0. The van der Waals surface area contributed by atoms with E-state index < -0.39 is 12.1 Å². The Bertz CT molecular complexity index is 1180. The number of hydrogen-bond acceptors (Lipinski definition) is 6. The number of piperazine rings is 1. The topological polar surface area (TPSA) is 81.6 Å². The van der Waals surface area contributed by atoms with Crippen LogP contribution in [0.3, 0.4) is 0 Å². The number of fused-ring (bicyclic) bond motifs is 1. The molecule has 2 aromatic carbocycles. The minimum atomic E-state index is -5.08. The Labute approximate surface area is 201 Å². The minimum absolute atomic E-state index is 0.567. The number of aromatic nitrogens is 2. The van der Waals surface area contributed by atoms with Gasteiger partial charge in [-0.2, -0.15) is 13.2 Å². The first-order valence-corrected chi connectivity index (χ1v) is 11.6. The van der Waals surface area contributed by atoms with Gasteiger partial charge in [0.1, 0.15) is 0 Å². The zero-order valence-corrected chi connectivity index (χ0v) is 19.4. The molecular weight excluding hydrogens is 459 g/mol. The van der Waals surface area contributed by atoms with Crippen LogP contribution >= 0.6 is 0 Å². The number of halogens is 3. The van der Waals surface area contributed by atoms with Gasteiger partial charge >= 0.3 is 12.1 Å². The summed E-state index contributed by atoms with van der Waals surface area (Å²) in [4.78, 5) is 23.7. The van der Waals surface area contributed by atoms with Crippen LogP contribution in [0, 0.1) is 6.92 Å². The third-order valence-corrected chi connectivity index (χ3v) is 5.87. The zero-order valence-electron chi connectivity index (χ0n) is 19.4. The van der Waals surface area contributed by atoms with Crippen LogP contribution in [-0.2, 0) is 11.3 Å². The number of para-hydroxylation sites is 2. The van der Waals surface area contributed by atoms with Gasteiger partial charge in [-0.3, -0.25) is 4.90 Å². The summed E-state index contributed by atoms with van der Waals surface area (Å²) in [6, 6.07) is 17.6. The van der Waals surface area contributed by atoms with E-state index in [4.69, 9.17) is 19.9 Å². The molecule has 1 aromatic heterocycles. The third kappa shape index (κ3) is 6.82. The average molecular weight is 488 g/mol. The molecule has 0 radical (unpaired) electrons. The second-order valence-electron chi connectivity index (χ2n) is 8.86. The number of aryl methyl sites for hydroxylation is 1. The van der Waals surface area contributed by atoms with Crippen LogP contribution in [-0.4, -0.2) is 64.3 Å². The number of carboxylic acid groups (broad SMARTS) is 1. The predicted octanol–water partition coefficient (Wildman–Crippen LogP) is 4.47. The van der Waals surface area contributed by atoms with Gasteiger partial charge in [0.05, 0.1) is 11.0 Å². The number of nitrogens with zero attached hydrogens (tertiary/aromatic N) is 4. The molecule has 1 saturated heterocycles. The van der Waals surface area contributed by atoms with Gasteiger partial charge in [0.15, 0.2) is 11.6 Å². The molecule has 0 spiro atoms. The fourth-order valence-corrected chi connectivity index (χ4v) is 3.92. The number of aliphatic carboxylic acids is 1. The van der Waals surface area contributed by atoms with Gasteiger partial charge in [-0.1, -0.05) is 42.0 Å². The number of benzene rings is 2. The molecule has 2 aliphatic rings. The number of alkyl halides is 3. The molecule has 7 nitrogen and oxygen atoms in total. The second-order valence-corrected chi connectivity index (χ2v) is 8.86. The number of anilines is 2. The van der Waals surface area contributed by atoms with Crippen LogP contribution < -0.4 is 10.2 Å². The van der Waals surface area contributed by atoms with Crippen LogP contribution in [0.1, 0.15) is 24.0 Å². The molecule has 2 N–H and O–H groups in total. The van der Waals surface area contributed by atoms with Crippen LogP contribution in [0.4, 0.5) is 24.8 Å². The maximum atomic E-state index is 10.6. The molecule has 2 fully saturated rings. The Morgan fingerprint density at radius 1 is 1.03 bits per heavy atom. The fourth-order valence-electron chi connectivity index (χ4n) is 3.92. The Hall–Kier alpha value is -3.40. The summed E-state index contributed by atoms with van der Waals surface area (Å²) in [5, 5.41) is 10.7. The predicted molar refractivity (Wildman–Crippen MR) is 129 cm³/mol. The summed E-state index contributed by atoms with van der Waals surface area (Å²) in [5.41, 5.74) is 4.67. The summed E-state index contributed by atoms with van der Waals surface area (Å²) in [7, 11) is 0. The Morgan fingerprint density at radius 3 is 2.23 bits per heavy atom. The van der Waals surface area contributed by atoms with E-state index >= 15 is 0 Å². The minimum Gasteiger partial charge on any atom is -0.475 e. The molecule has 10 heteroatoms. The van der Waals surface area contributed by atoms with Gasteiger partial charge in [-0.05, 0) is 37.5 Å². The molecule has 35 heavy (non-hydrogen) atoms. The van der Waals surface area contributed by atoms with Crippen LogP contribution in [0.15, 0.2) is 48.5 Å². The summed E-state index contributed by atoms with van der Waals surface area (Å²) in [6.45, 7) is 7.24. The highest BCUT2D eigenvalue weighted by atomic mass is 19.4. The number of carbonyl (C=O) groups is 1. The van der Waals surface area contributed by atoms with E-state index in [1.807, 2.05) is 18.2 Å². The first-order chi connectivity index (χ1) is 16.7. The molecule has 1 aliphatic heterocycles. The first kappa shape index (κ1) is 24.7. The average Bonchev–Trinajstić information content (AvgIpc) is 3.63. The van der Waals surface area contributed by atoms with Crippen molar-refractivity contribution < 1.29 is 23.1 Å². The maximum Gasteiger partial charge on any atom is 0.490 e. The van der Waals surface area contributed by atoms with Crippen molar-refractivity contribution in [1.29, 1.82) is 0 Å². The van der Waals surface area contributed by atoms with E-state index in [-0.39, 0.29) is 0 Å². The highest BCUT2D eigenvalue weighted by molar-refractivity contribution is 5.80. The van der Waals surface area contributed by atoms with Gasteiger partial charge in [-0.15, -0.1) is 0 Å². The number of nitrogens with one attached hydrogen (secondary N) is 1. The molecular formula is C25H28F3N5O2. The van der Waals surface area contributed by atoms with E-state index in [9.17, 15) is 13.2 Å². The summed E-state index contributed by atoms with van der Waals surface area (Å²) in [5.74, 6) is -0.790. The molecule has 1 aliphatic carbocycles. The number of hydrogen-bond donors (Lipinski definition) is 2. The normalized spacial score (nSPS) is 16.5.